The lowest BCUT2D eigenvalue weighted by atomic mass is 10.1. The van der Waals surface area contributed by atoms with Crippen molar-refractivity contribution in [3.63, 3.8) is 0 Å². The summed E-state index contributed by atoms with van der Waals surface area (Å²) in [4.78, 5) is 8.11. The highest BCUT2D eigenvalue weighted by Gasteiger charge is 2.11. The molecule has 3 rings (SSSR count). The molecule has 5 heteroatoms. The SMILES string of the molecule is Cc1ccc2nc(Sc3ccc([C@H](C)O)cc3F)[nH]c2c1. The Morgan fingerprint density at radius 1 is 1.24 bits per heavy atom. The van der Waals surface area contributed by atoms with Crippen molar-refractivity contribution in [3.05, 3.63) is 53.3 Å². The van der Waals surface area contributed by atoms with E-state index in [9.17, 15) is 9.50 Å². The van der Waals surface area contributed by atoms with Crippen LogP contribution >= 0.6 is 11.8 Å². The van der Waals surface area contributed by atoms with Gasteiger partial charge in [0.15, 0.2) is 5.16 Å². The van der Waals surface area contributed by atoms with Crippen molar-refractivity contribution in [1.29, 1.82) is 0 Å². The van der Waals surface area contributed by atoms with Crippen LogP contribution in [-0.4, -0.2) is 15.1 Å². The summed E-state index contributed by atoms with van der Waals surface area (Å²) in [7, 11) is 0. The summed E-state index contributed by atoms with van der Waals surface area (Å²) >= 11 is 1.24. The van der Waals surface area contributed by atoms with E-state index in [1.807, 2.05) is 25.1 Å². The van der Waals surface area contributed by atoms with Crippen molar-refractivity contribution in [1.82, 2.24) is 9.97 Å². The van der Waals surface area contributed by atoms with Gasteiger partial charge in [0.2, 0.25) is 0 Å². The monoisotopic (exact) mass is 302 g/mol. The Bertz CT molecular complexity index is 798. The third-order valence-corrected chi connectivity index (χ3v) is 4.20. The molecule has 2 N–H and O–H groups in total. The molecule has 2 aromatic carbocycles. The number of nitrogens with zero attached hydrogens (tertiary/aromatic N) is 1. The molecule has 1 heterocycles. The first-order valence-electron chi connectivity index (χ1n) is 6.64. The van der Waals surface area contributed by atoms with E-state index >= 15 is 0 Å². The van der Waals surface area contributed by atoms with Gasteiger partial charge in [0.25, 0.3) is 0 Å². The van der Waals surface area contributed by atoms with E-state index in [0.717, 1.165) is 16.6 Å². The summed E-state index contributed by atoms with van der Waals surface area (Å²) in [6.07, 6.45) is -0.673. The third kappa shape index (κ3) is 2.94. The van der Waals surface area contributed by atoms with Crippen LogP contribution in [0.1, 0.15) is 24.2 Å². The lowest BCUT2D eigenvalue weighted by Crippen LogP contribution is -1.93. The molecule has 21 heavy (non-hydrogen) atoms. The number of hydrogen-bond donors (Lipinski definition) is 2. The van der Waals surface area contributed by atoms with Crippen molar-refractivity contribution in [2.45, 2.75) is 30.0 Å². The highest BCUT2D eigenvalue weighted by molar-refractivity contribution is 7.99. The van der Waals surface area contributed by atoms with Crippen LogP contribution in [0, 0.1) is 12.7 Å². The predicted molar refractivity (Wildman–Crippen MR) is 82.0 cm³/mol. The maximum atomic E-state index is 14.0. The number of hydrogen-bond acceptors (Lipinski definition) is 3. The van der Waals surface area contributed by atoms with E-state index in [2.05, 4.69) is 9.97 Å². The van der Waals surface area contributed by atoms with Gasteiger partial charge < -0.3 is 10.1 Å². The predicted octanol–water partition coefficient (Wildman–Crippen LogP) is 4.21. The summed E-state index contributed by atoms with van der Waals surface area (Å²) in [6.45, 7) is 3.63. The van der Waals surface area contributed by atoms with Gasteiger partial charge in [0.1, 0.15) is 5.82 Å². The van der Waals surface area contributed by atoms with Crippen molar-refractivity contribution in [3.8, 4) is 0 Å². The molecule has 0 saturated heterocycles. The molecule has 1 atom stereocenters. The van der Waals surface area contributed by atoms with E-state index in [1.165, 1.54) is 17.8 Å². The number of aromatic amines is 1. The van der Waals surface area contributed by atoms with Gasteiger partial charge in [0.05, 0.1) is 22.0 Å². The van der Waals surface area contributed by atoms with Gasteiger partial charge in [-0.2, -0.15) is 0 Å². The Labute approximate surface area is 126 Å². The fourth-order valence-electron chi connectivity index (χ4n) is 2.11. The van der Waals surface area contributed by atoms with Crippen molar-refractivity contribution < 1.29 is 9.50 Å². The number of H-pyrrole nitrogens is 1. The molecule has 0 unspecified atom stereocenters. The maximum Gasteiger partial charge on any atom is 0.171 e. The van der Waals surface area contributed by atoms with Crippen LogP contribution in [-0.2, 0) is 0 Å². The van der Waals surface area contributed by atoms with E-state index in [1.54, 1.807) is 19.1 Å². The molecule has 0 bridgehead atoms. The number of benzene rings is 2. The number of halogens is 1. The topological polar surface area (TPSA) is 48.9 Å². The van der Waals surface area contributed by atoms with Crippen LogP contribution in [0.15, 0.2) is 46.5 Å². The Hall–Kier alpha value is -1.85. The highest BCUT2D eigenvalue weighted by atomic mass is 32.2. The molecule has 1 aromatic heterocycles. The van der Waals surface area contributed by atoms with Gasteiger partial charge in [-0.3, -0.25) is 0 Å². The molecule has 0 aliphatic heterocycles. The molecule has 108 valence electrons. The molecule has 3 aromatic rings. The molecule has 0 fully saturated rings. The Morgan fingerprint density at radius 2 is 2.05 bits per heavy atom. The normalized spacial score (nSPS) is 12.8. The first kappa shape index (κ1) is 14.1. The Morgan fingerprint density at radius 3 is 2.76 bits per heavy atom. The van der Waals surface area contributed by atoms with E-state index in [4.69, 9.17) is 0 Å². The number of fused-ring (bicyclic) bond motifs is 1. The van der Waals surface area contributed by atoms with E-state index in [-0.39, 0.29) is 5.82 Å². The Kier molecular flexibility index (Phi) is 3.69. The lowest BCUT2D eigenvalue weighted by molar-refractivity contribution is 0.198. The summed E-state index contributed by atoms with van der Waals surface area (Å²) in [6, 6.07) is 10.7. The van der Waals surface area contributed by atoms with Crippen LogP contribution in [0.2, 0.25) is 0 Å². The van der Waals surface area contributed by atoms with Crippen LogP contribution < -0.4 is 0 Å². The number of nitrogens with one attached hydrogen (secondary N) is 1. The second kappa shape index (κ2) is 5.50. The van der Waals surface area contributed by atoms with Crippen molar-refractivity contribution >= 4 is 22.8 Å². The van der Waals surface area contributed by atoms with Gasteiger partial charge in [0, 0.05) is 0 Å². The highest BCUT2D eigenvalue weighted by Crippen LogP contribution is 2.30. The summed E-state index contributed by atoms with van der Waals surface area (Å²) < 4.78 is 14.0. The quantitative estimate of drug-likeness (QED) is 0.761. The van der Waals surface area contributed by atoms with E-state index < -0.39 is 6.10 Å². The number of aryl methyl sites for hydroxylation is 1. The summed E-state index contributed by atoms with van der Waals surface area (Å²) in [5, 5.41) is 10.1. The fourth-order valence-corrected chi connectivity index (χ4v) is 2.92. The number of rotatable bonds is 3. The minimum Gasteiger partial charge on any atom is -0.389 e. The van der Waals surface area contributed by atoms with Gasteiger partial charge >= 0.3 is 0 Å². The largest absolute Gasteiger partial charge is 0.389 e. The summed E-state index contributed by atoms with van der Waals surface area (Å²) in [5.41, 5.74) is 3.52. The number of imidazole rings is 1. The molecule has 3 nitrogen and oxygen atoms in total. The maximum absolute atomic E-state index is 14.0. The first-order chi connectivity index (χ1) is 10.0. The first-order valence-corrected chi connectivity index (χ1v) is 7.46. The number of aromatic nitrogens is 2. The Balaban J connectivity index is 1.91. The van der Waals surface area contributed by atoms with Gasteiger partial charge in [-0.15, -0.1) is 0 Å². The molecule has 0 amide bonds. The second-order valence-electron chi connectivity index (χ2n) is 5.03. The smallest absolute Gasteiger partial charge is 0.171 e. The van der Waals surface area contributed by atoms with Crippen molar-refractivity contribution in [2.75, 3.05) is 0 Å². The molecule has 0 aliphatic rings. The van der Waals surface area contributed by atoms with Gasteiger partial charge in [-0.25, -0.2) is 9.37 Å². The van der Waals surface area contributed by atoms with Gasteiger partial charge in [-0.05, 0) is 61.0 Å². The zero-order valence-corrected chi connectivity index (χ0v) is 12.5. The van der Waals surface area contributed by atoms with Crippen LogP contribution in [0.3, 0.4) is 0 Å². The molecule has 0 spiro atoms. The van der Waals surface area contributed by atoms with Crippen molar-refractivity contribution in [2.24, 2.45) is 0 Å². The minimum absolute atomic E-state index is 0.352. The third-order valence-electron chi connectivity index (χ3n) is 3.26. The standard InChI is InChI=1S/C16H15FN2OS/c1-9-3-5-13-14(7-9)19-16(18-13)21-15-6-4-11(10(2)20)8-12(15)17/h3-8,10,20H,1-2H3,(H,18,19)/t10-/m0/s1. The number of aliphatic hydroxyl groups excluding tert-OH is 1. The molecular formula is C16H15FN2OS. The zero-order valence-electron chi connectivity index (χ0n) is 11.7. The molecule has 0 aliphatic carbocycles. The second-order valence-corrected chi connectivity index (χ2v) is 6.06. The van der Waals surface area contributed by atoms with Crippen LogP contribution in [0.5, 0.6) is 0 Å². The molecule has 0 radical (unpaired) electrons. The average Bonchev–Trinajstić information content (AvgIpc) is 2.82. The number of aliphatic hydroxyl groups is 1. The summed E-state index contributed by atoms with van der Waals surface area (Å²) in [5.74, 6) is -0.352. The zero-order chi connectivity index (χ0) is 15.0. The minimum atomic E-state index is -0.673. The average molecular weight is 302 g/mol. The molecule has 0 saturated carbocycles. The van der Waals surface area contributed by atoms with Gasteiger partial charge in [-0.1, -0.05) is 12.1 Å². The lowest BCUT2D eigenvalue weighted by Gasteiger charge is -2.06. The van der Waals surface area contributed by atoms with Crippen LogP contribution in [0.4, 0.5) is 4.39 Å². The van der Waals surface area contributed by atoms with E-state index in [0.29, 0.717) is 15.6 Å². The van der Waals surface area contributed by atoms with Crippen LogP contribution in [0.25, 0.3) is 11.0 Å². The molecular weight excluding hydrogens is 287 g/mol. The fraction of sp³-hybridized carbons (Fsp3) is 0.188.